The van der Waals surface area contributed by atoms with Gasteiger partial charge in [-0.05, 0) is 48.9 Å². The zero-order chi connectivity index (χ0) is 23.8. The summed E-state index contributed by atoms with van der Waals surface area (Å²) in [5.74, 6) is 0.217. The number of alkyl halides is 3. The summed E-state index contributed by atoms with van der Waals surface area (Å²) in [4.78, 5) is 28.5. The molecule has 1 fully saturated rings. The number of unbranched alkanes of at least 4 members (excludes halogenated alkanes) is 2. The fourth-order valence-corrected chi connectivity index (χ4v) is 3.72. The van der Waals surface area contributed by atoms with Crippen molar-refractivity contribution in [2.24, 2.45) is 0 Å². The van der Waals surface area contributed by atoms with E-state index in [4.69, 9.17) is 0 Å². The molecular formula is C24H29F3N4O2. The summed E-state index contributed by atoms with van der Waals surface area (Å²) in [7, 11) is 0. The van der Waals surface area contributed by atoms with Crippen LogP contribution in [0.4, 0.5) is 35.0 Å². The molecule has 1 aliphatic heterocycles. The molecule has 0 saturated carbocycles. The second-order valence-electron chi connectivity index (χ2n) is 8.03. The highest BCUT2D eigenvalue weighted by Crippen LogP contribution is 2.30. The van der Waals surface area contributed by atoms with Crippen LogP contribution in [0.3, 0.4) is 0 Å². The molecule has 3 amide bonds. The highest BCUT2D eigenvalue weighted by Gasteiger charge is 2.30. The Balaban J connectivity index is 1.49. The first-order valence-corrected chi connectivity index (χ1v) is 11.1. The molecule has 3 rings (SSSR count). The quantitative estimate of drug-likeness (QED) is 0.528. The second-order valence-corrected chi connectivity index (χ2v) is 8.03. The number of benzene rings is 2. The molecule has 0 bridgehead atoms. The maximum absolute atomic E-state index is 12.8. The Morgan fingerprint density at radius 2 is 1.58 bits per heavy atom. The van der Waals surface area contributed by atoms with Gasteiger partial charge >= 0.3 is 12.2 Å². The van der Waals surface area contributed by atoms with E-state index in [9.17, 15) is 22.8 Å². The lowest BCUT2D eigenvalue weighted by atomic mass is 10.1. The third-order valence-electron chi connectivity index (χ3n) is 5.56. The van der Waals surface area contributed by atoms with Crippen LogP contribution in [0.25, 0.3) is 0 Å². The van der Waals surface area contributed by atoms with Crippen molar-refractivity contribution in [3.63, 3.8) is 0 Å². The van der Waals surface area contributed by atoms with Crippen LogP contribution in [0.5, 0.6) is 0 Å². The molecule has 1 aliphatic rings. The largest absolute Gasteiger partial charge is 0.416 e. The number of rotatable bonds is 7. The third kappa shape index (κ3) is 7.13. The van der Waals surface area contributed by atoms with Crippen LogP contribution in [-0.4, -0.2) is 43.0 Å². The van der Waals surface area contributed by atoms with Crippen molar-refractivity contribution in [3.8, 4) is 0 Å². The first kappa shape index (κ1) is 24.4. The lowest BCUT2D eigenvalue weighted by Crippen LogP contribution is -2.48. The Morgan fingerprint density at radius 1 is 0.909 bits per heavy atom. The number of anilines is 3. The molecular weight excluding hydrogens is 433 g/mol. The Kier molecular flexibility index (Phi) is 8.19. The van der Waals surface area contributed by atoms with E-state index >= 15 is 0 Å². The van der Waals surface area contributed by atoms with Gasteiger partial charge in [-0.3, -0.25) is 4.79 Å². The summed E-state index contributed by atoms with van der Waals surface area (Å²) >= 11 is 0. The molecule has 6 nitrogen and oxygen atoms in total. The van der Waals surface area contributed by atoms with Gasteiger partial charge in [-0.25, -0.2) is 4.79 Å². The van der Waals surface area contributed by atoms with Gasteiger partial charge in [0, 0.05) is 49.7 Å². The van der Waals surface area contributed by atoms with E-state index in [1.54, 1.807) is 12.1 Å². The predicted molar refractivity (Wildman–Crippen MR) is 123 cm³/mol. The van der Waals surface area contributed by atoms with Crippen LogP contribution in [0.1, 0.15) is 38.2 Å². The molecule has 9 heteroatoms. The smallest absolute Gasteiger partial charge is 0.368 e. The number of nitrogens with one attached hydrogen (secondary N) is 2. The Bertz CT molecular complexity index is 939. The van der Waals surface area contributed by atoms with Crippen LogP contribution in [0, 0.1) is 0 Å². The fourth-order valence-electron chi connectivity index (χ4n) is 3.72. The van der Waals surface area contributed by atoms with Crippen molar-refractivity contribution >= 4 is 29.0 Å². The van der Waals surface area contributed by atoms with Crippen molar-refractivity contribution in [1.82, 2.24) is 4.90 Å². The topological polar surface area (TPSA) is 64.7 Å². The average molecular weight is 463 g/mol. The Hall–Kier alpha value is -3.23. The van der Waals surface area contributed by atoms with E-state index in [1.807, 2.05) is 17.0 Å². The van der Waals surface area contributed by atoms with Crippen molar-refractivity contribution in [2.75, 3.05) is 41.7 Å². The summed E-state index contributed by atoms with van der Waals surface area (Å²) < 4.78 is 38.4. The molecule has 178 valence electrons. The summed E-state index contributed by atoms with van der Waals surface area (Å²) in [5, 5.41) is 5.04. The van der Waals surface area contributed by atoms with Gasteiger partial charge in [-0.1, -0.05) is 25.8 Å². The van der Waals surface area contributed by atoms with Crippen molar-refractivity contribution in [2.45, 2.75) is 38.8 Å². The van der Waals surface area contributed by atoms with Crippen LogP contribution in [0.2, 0.25) is 0 Å². The molecule has 0 atom stereocenters. The van der Waals surface area contributed by atoms with Gasteiger partial charge in [-0.15, -0.1) is 0 Å². The second kappa shape index (κ2) is 11.1. The number of piperazine rings is 1. The molecule has 0 spiro atoms. The third-order valence-corrected chi connectivity index (χ3v) is 5.56. The molecule has 0 aromatic heterocycles. The van der Waals surface area contributed by atoms with E-state index < -0.39 is 17.8 Å². The van der Waals surface area contributed by atoms with Crippen molar-refractivity contribution in [3.05, 3.63) is 54.1 Å². The van der Waals surface area contributed by atoms with E-state index in [0.717, 1.165) is 50.2 Å². The van der Waals surface area contributed by atoms with E-state index in [1.165, 1.54) is 12.1 Å². The monoisotopic (exact) mass is 462 g/mol. The molecule has 0 aliphatic carbocycles. The number of hydrogen-bond donors (Lipinski definition) is 2. The van der Waals surface area contributed by atoms with Crippen molar-refractivity contribution in [1.29, 1.82) is 0 Å². The highest BCUT2D eigenvalue weighted by atomic mass is 19.4. The van der Waals surface area contributed by atoms with Gasteiger partial charge < -0.3 is 20.4 Å². The lowest BCUT2D eigenvalue weighted by Gasteiger charge is -2.36. The number of hydrogen-bond acceptors (Lipinski definition) is 3. The van der Waals surface area contributed by atoms with E-state index in [2.05, 4.69) is 22.5 Å². The van der Waals surface area contributed by atoms with E-state index in [0.29, 0.717) is 25.2 Å². The van der Waals surface area contributed by atoms with Crippen LogP contribution in [0.15, 0.2) is 48.5 Å². The molecule has 1 saturated heterocycles. The van der Waals surface area contributed by atoms with Crippen LogP contribution >= 0.6 is 0 Å². The molecule has 0 radical (unpaired) electrons. The van der Waals surface area contributed by atoms with E-state index in [-0.39, 0.29) is 11.6 Å². The zero-order valence-electron chi connectivity index (χ0n) is 18.6. The Labute approximate surface area is 191 Å². The maximum Gasteiger partial charge on any atom is 0.416 e. The first-order chi connectivity index (χ1) is 15.8. The Morgan fingerprint density at radius 3 is 2.21 bits per heavy atom. The SMILES string of the molecule is CCCCCC(=O)N1CCN(c2ccc(NC(=O)Nc3cccc(C(F)(F)F)c3)cc2)CC1. The molecule has 1 heterocycles. The van der Waals surface area contributed by atoms with Gasteiger partial charge in [-0.2, -0.15) is 13.2 Å². The van der Waals surface area contributed by atoms with Crippen LogP contribution < -0.4 is 15.5 Å². The van der Waals surface area contributed by atoms with Crippen molar-refractivity contribution < 1.29 is 22.8 Å². The minimum absolute atomic E-state index is 0.0565. The van der Waals surface area contributed by atoms with Crippen LogP contribution in [-0.2, 0) is 11.0 Å². The number of halogens is 3. The average Bonchev–Trinajstić information content (AvgIpc) is 2.79. The zero-order valence-corrected chi connectivity index (χ0v) is 18.6. The predicted octanol–water partition coefficient (Wildman–Crippen LogP) is 5.58. The standard InChI is InChI=1S/C24H29F3N4O2/c1-2-3-4-8-22(32)31-15-13-30(14-16-31)21-11-9-19(10-12-21)28-23(33)29-20-7-5-6-18(17-20)24(25,26)27/h5-7,9-12,17H,2-4,8,13-16H2,1H3,(H2,28,29,33). The first-order valence-electron chi connectivity index (χ1n) is 11.1. The highest BCUT2D eigenvalue weighted by molar-refractivity contribution is 5.99. The van der Waals surface area contributed by atoms with Gasteiger partial charge in [0.15, 0.2) is 0 Å². The number of urea groups is 1. The number of carbonyl (C=O) groups is 2. The summed E-state index contributed by atoms with van der Waals surface area (Å²) in [6, 6.07) is 11.1. The van der Waals surface area contributed by atoms with Gasteiger partial charge in [0.1, 0.15) is 0 Å². The molecule has 33 heavy (non-hydrogen) atoms. The minimum Gasteiger partial charge on any atom is -0.368 e. The molecule has 2 N–H and O–H groups in total. The minimum atomic E-state index is -4.47. The maximum atomic E-state index is 12.8. The van der Waals surface area contributed by atoms with Gasteiger partial charge in [0.2, 0.25) is 5.91 Å². The fraction of sp³-hybridized carbons (Fsp3) is 0.417. The summed E-state index contributed by atoms with van der Waals surface area (Å²) in [6.45, 7) is 4.96. The molecule has 0 unspecified atom stereocenters. The van der Waals surface area contributed by atoms with Gasteiger partial charge in [0.25, 0.3) is 0 Å². The summed E-state index contributed by atoms with van der Waals surface area (Å²) in [6.07, 6.45) is -0.761. The molecule has 2 aromatic carbocycles. The molecule has 2 aromatic rings. The number of carbonyl (C=O) groups excluding carboxylic acids is 2. The lowest BCUT2D eigenvalue weighted by molar-refractivity contribution is -0.137. The number of nitrogens with zero attached hydrogens (tertiary/aromatic N) is 2. The van der Waals surface area contributed by atoms with Gasteiger partial charge in [0.05, 0.1) is 5.56 Å². The number of amides is 3. The summed E-state index contributed by atoms with van der Waals surface area (Å²) in [5.41, 5.74) is 0.735. The normalized spacial score (nSPS) is 14.2.